The van der Waals surface area contributed by atoms with Gasteiger partial charge in [-0.25, -0.2) is 0 Å². The average Bonchev–Trinajstić information content (AvgIpc) is 2.75. The minimum Gasteiger partial charge on any atom is -0.482 e. The summed E-state index contributed by atoms with van der Waals surface area (Å²) in [6.45, 7) is 1.54. The van der Waals surface area contributed by atoms with Crippen molar-refractivity contribution in [3.05, 3.63) is 59.1 Å². The molecule has 2 aliphatic rings. The number of piperazine rings is 1. The molecule has 0 unspecified atom stereocenters. The largest absolute Gasteiger partial charge is 0.482 e. The Balaban J connectivity index is 1.38. The third-order valence-electron chi connectivity index (χ3n) is 5.13. The minimum atomic E-state index is -0.246. The van der Waals surface area contributed by atoms with Crippen LogP contribution in [0.3, 0.4) is 0 Å². The molecule has 0 bridgehead atoms. The Bertz CT molecular complexity index is 956. The summed E-state index contributed by atoms with van der Waals surface area (Å²) in [4.78, 5) is 42.6. The van der Waals surface area contributed by atoms with Gasteiger partial charge in [0.25, 0.3) is 11.8 Å². The van der Waals surface area contributed by atoms with Crippen molar-refractivity contribution in [3.63, 3.8) is 0 Å². The predicted octanol–water partition coefficient (Wildman–Crippen LogP) is 2.05. The van der Waals surface area contributed by atoms with Gasteiger partial charge < -0.3 is 14.5 Å². The van der Waals surface area contributed by atoms with E-state index in [0.717, 1.165) is 0 Å². The summed E-state index contributed by atoms with van der Waals surface area (Å²) >= 11 is 6.12. The highest BCUT2D eigenvalue weighted by Crippen LogP contribution is 2.31. The predicted molar refractivity (Wildman–Crippen MR) is 108 cm³/mol. The van der Waals surface area contributed by atoms with E-state index in [9.17, 15) is 14.4 Å². The van der Waals surface area contributed by atoms with Crippen molar-refractivity contribution in [1.82, 2.24) is 9.80 Å². The molecule has 1 fully saturated rings. The van der Waals surface area contributed by atoms with E-state index in [2.05, 4.69) is 0 Å². The second-order valence-electron chi connectivity index (χ2n) is 6.89. The third-order valence-corrected chi connectivity index (χ3v) is 5.46. The molecule has 0 radical (unpaired) electrons. The molecule has 1 saturated heterocycles. The number of carbonyl (C=O) groups is 3. The number of ether oxygens (including phenoxy) is 1. The fourth-order valence-electron chi connectivity index (χ4n) is 3.53. The topological polar surface area (TPSA) is 70.2 Å². The lowest BCUT2D eigenvalue weighted by atomic mass is 10.1. The first-order valence-corrected chi connectivity index (χ1v) is 9.76. The Labute approximate surface area is 173 Å². The second kappa shape index (κ2) is 8.13. The molecular formula is C21H20ClN3O4. The molecule has 0 N–H and O–H groups in total. The zero-order chi connectivity index (χ0) is 20.4. The first kappa shape index (κ1) is 19.3. The number of para-hydroxylation sites is 2. The van der Waals surface area contributed by atoms with E-state index < -0.39 is 0 Å². The van der Waals surface area contributed by atoms with E-state index in [1.54, 1.807) is 52.3 Å². The Morgan fingerprint density at radius 1 is 0.931 bits per heavy atom. The van der Waals surface area contributed by atoms with Gasteiger partial charge in [-0.15, -0.1) is 0 Å². The van der Waals surface area contributed by atoms with E-state index >= 15 is 0 Å². The van der Waals surface area contributed by atoms with Gasteiger partial charge in [-0.3, -0.25) is 19.3 Å². The van der Waals surface area contributed by atoms with Crippen LogP contribution in [0.25, 0.3) is 0 Å². The monoisotopic (exact) mass is 413 g/mol. The molecule has 0 atom stereocenters. The van der Waals surface area contributed by atoms with Crippen LogP contribution in [0.4, 0.5) is 5.69 Å². The number of nitrogens with zero attached hydrogens (tertiary/aromatic N) is 3. The normalized spacial score (nSPS) is 16.3. The first-order valence-electron chi connectivity index (χ1n) is 9.38. The zero-order valence-electron chi connectivity index (χ0n) is 15.7. The molecule has 29 heavy (non-hydrogen) atoms. The fraction of sp³-hybridized carbons (Fsp3) is 0.286. The van der Waals surface area contributed by atoms with Gasteiger partial charge >= 0.3 is 0 Å². The highest BCUT2D eigenvalue weighted by molar-refractivity contribution is 6.33. The van der Waals surface area contributed by atoms with E-state index in [-0.39, 0.29) is 30.9 Å². The molecule has 0 aliphatic carbocycles. The van der Waals surface area contributed by atoms with Gasteiger partial charge in [-0.2, -0.15) is 0 Å². The van der Waals surface area contributed by atoms with E-state index in [1.165, 1.54) is 4.90 Å². The average molecular weight is 414 g/mol. The Kier molecular flexibility index (Phi) is 5.40. The summed E-state index contributed by atoms with van der Waals surface area (Å²) in [5.41, 5.74) is 1.06. The lowest BCUT2D eigenvalue weighted by molar-refractivity contribution is -0.133. The standard InChI is InChI=1S/C21H20ClN3O4/c22-16-6-2-1-5-15(16)21(28)24-11-9-23(10-12-24)19(26)13-25-17-7-3-4-8-18(17)29-14-20(25)27/h1-8H,9-14H2. The number of halogens is 1. The Hall–Kier alpha value is -3.06. The van der Waals surface area contributed by atoms with Gasteiger partial charge in [-0.1, -0.05) is 35.9 Å². The number of amides is 3. The van der Waals surface area contributed by atoms with Crippen LogP contribution in [0.2, 0.25) is 5.02 Å². The van der Waals surface area contributed by atoms with Crippen LogP contribution in [-0.4, -0.2) is 66.9 Å². The number of rotatable bonds is 3. The van der Waals surface area contributed by atoms with Gasteiger partial charge in [0.05, 0.1) is 16.3 Å². The number of hydrogen-bond acceptors (Lipinski definition) is 4. The summed E-state index contributed by atoms with van der Waals surface area (Å²) in [6.07, 6.45) is 0. The van der Waals surface area contributed by atoms with Crippen molar-refractivity contribution in [2.24, 2.45) is 0 Å². The SMILES string of the molecule is O=C(CN1C(=O)COc2ccccc21)N1CCN(C(=O)c2ccccc2Cl)CC1. The van der Waals surface area contributed by atoms with Crippen molar-refractivity contribution < 1.29 is 19.1 Å². The van der Waals surface area contributed by atoms with Crippen LogP contribution in [0.5, 0.6) is 5.75 Å². The van der Waals surface area contributed by atoms with Crippen LogP contribution in [0.1, 0.15) is 10.4 Å². The van der Waals surface area contributed by atoms with Crippen molar-refractivity contribution in [1.29, 1.82) is 0 Å². The molecule has 2 heterocycles. The van der Waals surface area contributed by atoms with Crippen molar-refractivity contribution in [2.75, 3.05) is 44.2 Å². The van der Waals surface area contributed by atoms with E-state index in [0.29, 0.717) is 48.2 Å². The smallest absolute Gasteiger partial charge is 0.265 e. The maximum absolute atomic E-state index is 12.8. The Morgan fingerprint density at radius 3 is 2.34 bits per heavy atom. The maximum atomic E-state index is 12.8. The van der Waals surface area contributed by atoms with Crippen LogP contribution >= 0.6 is 11.6 Å². The van der Waals surface area contributed by atoms with Gasteiger partial charge in [0.1, 0.15) is 12.3 Å². The van der Waals surface area contributed by atoms with Gasteiger partial charge in [-0.05, 0) is 24.3 Å². The zero-order valence-corrected chi connectivity index (χ0v) is 16.5. The lowest BCUT2D eigenvalue weighted by Crippen LogP contribution is -2.54. The fourth-order valence-corrected chi connectivity index (χ4v) is 3.74. The van der Waals surface area contributed by atoms with Crippen LogP contribution in [-0.2, 0) is 9.59 Å². The lowest BCUT2D eigenvalue weighted by Gasteiger charge is -2.36. The summed E-state index contributed by atoms with van der Waals surface area (Å²) < 4.78 is 5.41. The molecule has 4 rings (SSSR count). The van der Waals surface area contributed by atoms with Crippen LogP contribution in [0.15, 0.2) is 48.5 Å². The van der Waals surface area contributed by atoms with Crippen molar-refractivity contribution in [2.45, 2.75) is 0 Å². The summed E-state index contributed by atoms with van der Waals surface area (Å²) in [5.74, 6) is 0.0551. The van der Waals surface area contributed by atoms with E-state index in [4.69, 9.17) is 16.3 Å². The minimum absolute atomic E-state index is 0.0440. The molecule has 3 amide bonds. The van der Waals surface area contributed by atoms with Gasteiger partial charge in [0.2, 0.25) is 5.91 Å². The molecule has 7 nitrogen and oxygen atoms in total. The molecule has 0 spiro atoms. The molecule has 2 aromatic carbocycles. The first-order chi connectivity index (χ1) is 14.0. The number of benzene rings is 2. The summed E-state index contributed by atoms with van der Waals surface area (Å²) in [6, 6.07) is 14.1. The van der Waals surface area contributed by atoms with Crippen LogP contribution in [0, 0.1) is 0 Å². The molecule has 150 valence electrons. The third kappa shape index (κ3) is 3.91. The van der Waals surface area contributed by atoms with Gasteiger partial charge in [0, 0.05) is 26.2 Å². The quantitative estimate of drug-likeness (QED) is 0.772. The molecule has 8 heteroatoms. The van der Waals surface area contributed by atoms with Gasteiger partial charge in [0.15, 0.2) is 6.61 Å². The second-order valence-corrected chi connectivity index (χ2v) is 7.30. The van der Waals surface area contributed by atoms with Crippen molar-refractivity contribution >= 4 is 35.0 Å². The molecule has 0 aromatic heterocycles. The highest BCUT2D eigenvalue weighted by atomic mass is 35.5. The number of hydrogen-bond donors (Lipinski definition) is 0. The van der Waals surface area contributed by atoms with Crippen LogP contribution < -0.4 is 9.64 Å². The molecule has 2 aromatic rings. The molecule has 0 saturated carbocycles. The number of carbonyl (C=O) groups excluding carboxylic acids is 3. The number of anilines is 1. The summed E-state index contributed by atoms with van der Waals surface area (Å²) in [7, 11) is 0. The number of fused-ring (bicyclic) bond motifs is 1. The molecular weight excluding hydrogens is 394 g/mol. The van der Waals surface area contributed by atoms with E-state index in [1.807, 2.05) is 6.07 Å². The highest BCUT2D eigenvalue weighted by Gasteiger charge is 2.31. The Morgan fingerprint density at radius 2 is 1.59 bits per heavy atom. The van der Waals surface area contributed by atoms with Crippen molar-refractivity contribution in [3.8, 4) is 5.75 Å². The molecule has 2 aliphatic heterocycles. The maximum Gasteiger partial charge on any atom is 0.265 e. The summed E-state index contributed by atoms with van der Waals surface area (Å²) in [5, 5.41) is 0.417.